The zero-order valence-corrected chi connectivity index (χ0v) is 17.8. The first-order valence-electron chi connectivity index (χ1n) is 9.30. The maximum Gasteiger partial charge on any atom is 0.236 e. The third-order valence-corrected chi connectivity index (χ3v) is 6.28. The van der Waals surface area contributed by atoms with Crippen LogP contribution >= 0.6 is 23.1 Å². The SMILES string of the molecule is COc1ccc(-c2csc(NC(=O)CSCC(=O)N3CCC[C@H](C)C3)n2)cc1. The van der Waals surface area contributed by atoms with Gasteiger partial charge in [-0.2, -0.15) is 0 Å². The standard InChI is InChI=1S/C20H25N3O3S2/c1-14-4-3-9-23(10-14)19(25)13-27-12-18(24)22-20-21-17(11-28-20)15-5-7-16(26-2)8-6-15/h5-8,11,14H,3-4,9-10,12-13H2,1-2H3,(H,21,22,24)/t14-/m0/s1. The Hall–Kier alpha value is -2.06. The van der Waals surface area contributed by atoms with Gasteiger partial charge in [-0.3, -0.25) is 9.59 Å². The Balaban J connectivity index is 1.43. The molecule has 0 bridgehead atoms. The molecule has 0 aliphatic carbocycles. The molecular formula is C20H25N3O3S2. The van der Waals surface area contributed by atoms with Crippen molar-refractivity contribution < 1.29 is 14.3 Å². The van der Waals surface area contributed by atoms with Crippen molar-refractivity contribution in [3.8, 4) is 17.0 Å². The zero-order valence-electron chi connectivity index (χ0n) is 16.1. The van der Waals surface area contributed by atoms with E-state index in [4.69, 9.17) is 4.74 Å². The zero-order chi connectivity index (χ0) is 19.9. The quantitative estimate of drug-likeness (QED) is 0.740. The molecule has 2 heterocycles. The van der Waals surface area contributed by atoms with Gasteiger partial charge in [-0.1, -0.05) is 6.92 Å². The van der Waals surface area contributed by atoms with Crippen molar-refractivity contribution in [2.45, 2.75) is 19.8 Å². The molecule has 0 saturated carbocycles. The summed E-state index contributed by atoms with van der Waals surface area (Å²) in [4.78, 5) is 30.8. The van der Waals surface area contributed by atoms with Gasteiger partial charge in [0.25, 0.3) is 0 Å². The third-order valence-electron chi connectivity index (χ3n) is 4.60. The van der Waals surface area contributed by atoms with Gasteiger partial charge in [0.2, 0.25) is 11.8 Å². The average molecular weight is 420 g/mol. The van der Waals surface area contributed by atoms with Crippen LogP contribution in [0.1, 0.15) is 19.8 Å². The van der Waals surface area contributed by atoms with Gasteiger partial charge < -0.3 is 15.0 Å². The van der Waals surface area contributed by atoms with Gasteiger partial charge >= 0.3 is 0 Å². The number of nitrogens with one attached hydrogen (secondary N) is 1. The summed E-state index contributed by atoms with van der Waals surface area (Å²) >= 11 is 2.74. The average Bonchev–Trinajstić information content (AvgIpc) is 3.16. The number of hydrogen-bond acceptors (Lipinski definition) is 6. The van der Waals surface area contributed by atoms with E-state index in [9.17, 15) is 9.59 Å². The summed E-state index contributed by atoms with van der Waals surface area (Å²) in [6, 6.07) is 7.62. The highest BCUT2D eigenvalue weighted by molar-refractivity contribution is 8.00. The summed E-state index contributed by atoms with van der Waals surface area (Å²) in [6.45, 7) is 3.84. The summed E-state index contributed by atoms with van der Waals surface area (Å²) in [5.74, 6) is 1.93. The van der Waals surface area contributed by atoms with Gasteiger partial charge in [0.15, 0.2) is 5.13 Å². The number of thioether (sulfide) groups is 1. The van der Waals surface area contributed by atoms with E-state index in [-0.39, 0.29) is 17.6 Å². The predicted octanol–water partition coefficient (Wildman–Crippen LogP) is 3.75. The molecule has 0 unspecified atom stereocenters. The predicted molar refractivity (Wildman–Crippen MR) is 115 cm³/mol. The molecule has 8 heteroatoms. The molecule has 6 nitrogen and oxygen atoms in total. The maximum atomic E-state index is 12.2. The van der Waals surface area contributed by atoms with E-state index in [1.807, 2.05) is 34.5 Å². The van der Waals surface area contributed by atoms with Crippen molar-refractivity contribution in [2.75, 3.05) is 37.0 Å². The Bertz CT molecular complexity index is 807. The Kier molecular flexibility index (Phi) is 7.33. The third kappa shape index (κ3) is 5.72. The molecule has 1 aliphatic rings. The topological polar surface area (TPSA) is 71.5 Å². The van der Waals surface area contributed by atoms with E-state index >= 15 is 0 Å². The highest BCUT2D eigenvalue weighted by Crippen LogP contribution is 2.26. The van der Waals surface area contributed by atoms with Crippen molar-refractivity contribution in [1.29, 1.82) is 0 Å². The molecule has 0 spiro atoms. The van der Waals surface area contributed by atoms with Crippen LogP contribution in [-0.4, -0.2) is 53.4 Å². The molecule has 28 heavy (non-hydrogen) atoms. The van der Waals surface area contributed by atoms with Crippen LogP contribution in [0.3, 0.4) is 0 Å². The molecule has 1 saturated heterocycles. The van der Waals surface area contributed by atoms with E-state index in [0.29, 0.717) is 16.8 Å². The molecule has 1 aromatic carbocycles. The fourth-order valence-electron chi connectivity index (χ4n) is 3.12. The summed E-state index contributed by atoms with van der Waals surface area (Å²) in [6.07, 6.45) is 2.25. The minimum Gasteiger partial charge on any atom is -0.497 e. The van der Waals surface area contributed by atoms with E-state index in [0.717, 1.165) is 36.5 Å². The largest absolute Gasteiger partial charge is 0.497 e. The van der Waals surface area contributed by atoms with Crippen molar-refractivity contribution >= 4 is 40.0 Å². The van der Waals surface area contributed by atoms with Crippen molar-refractivity contribution in [1.82, 2.24) is 9.88 Å². The minimum atomic E-state index is -0.138. The van der Waals surface area contributed by atoms with Crippen LogP contribution in [0.5, 0.6) is 5.75 Å². The molecule has 1 atom stereocenters. The lowest BCUT2D eigenvalue weighted by Crippen LogP contribution is -2.40. The number of thiazole rings is 1. The maximum absolute atomic E-state index is 12.2. The Labute approximate surface area is 173 Å². The fraction of sp³-hybridized carbons (Fsp3) is 0.450. The number of nitrogens with zero attached hydrogens (tertiary/aromatic N) is 2. The monoisotopic (exact) mass is 419 g/mol. The van der Waals surface area contributed by atoms with E-state index in [1.54, 1.807) is 7.11 Å². The number of benzene rings is 1. The number of amides is 2. The summed E-state index contributed by atoms with van der Waals surface area (Å²) in [5.41, 5.74) is 1.78. The highest BCUT2D eigenvalue weighted by atomic mass is 32.2. The number of hydrogen-bond donors (Lipinski definition) is 1. The van der Waals surface area contributed by atoms with Gasteiger partial charge in [-0.25, -0.2) is 4.98 Å². The number of carbonyl (C=O) groups excluding carboxylic acids is 2. The Morgan fingerprint density at radius 1 is 1.32 bits per heavy atom. The van der Waals surface area contributed by atoms with Crippen molar-refractivity contribution in [2.24, 2.45) is 5.92 Å². The first kappa shape index (κ1) is 20.7. The lowest BCUT2D eigenvalue weighted by atomic mass is 10.0. The number of anilines is 1. The molecule has 2 amide bonds. The van der Waals surface area contributed by atoms with Gasteiger partial charge in [0, 0.05) is 24.0 Å². The van der Waals surface area contributed by atoms with Crippen molar-refractivity contribution in [3.05, 3.63) is 29.6 Å². The van der Waals surface area contributed by atoms with Crippen LogP contribution in [0.4, 0.5) is 5.13 Å². The molecule has 3 rings (SSSR count). The summed E-state index contributed by atoms with van der Waals surface area (Å²) in [5, 5.41) is 5.28. The van der Waals surface area contributed by atoms with Crippen LogP contribution in [0.15, 0.2) is 29.6 Å². The lowest BCUT2D eigenvalue weighted by molar-refractivity contribution is -0.130. The van der Waals surface area contributed by atoms with Gasteiger partial charge in [0.05, 0.1) is 24.3 Å². The molecule has 1 fully saturated rings. The van der Waals surface area contributed by atoms with Crippen LogP contribution in [0, 0.1) is 5.92 Å². The first-order valence-corrected chi connectivity index (χ1v) is 11.3. The number of likely N-dealkylation sites (tertiary alicyclic amines) is 1. The van der Waals surface area contributed by atoms with E-state index < -0.39 is 0 Å². The van der Waals surface area contributed by atoms with Crippen molar-refractivity contribution in [3.63, 3.8) is 0 Å². The Morgan fingerprint density at radius 3 is 2.82 bits per heavy atom. The number of rotatable bonds is 7. The van der Waals surface area contributed by atoms with E-state index in [2.05, 4.69) is 17.2 Å². The second kappa shape index (κ2) is 9.93. The van der Waals surface area contributed by atoms with E-state index in [1.165, 1.54) is 29.5 Å². The lowest BCUT2D eigenvalue weighted by Gasteiger charge is -2.30. The number of aromatic nitrogens is 1. The first-order chi connectivity index (χ1) is 13.5. The molecular weight excluding hydrogens is 394 g/mol. The molecule has 150 valence electrons. The van der Waals surface area contributed by atoms with Crippen LogP contribution < -0.4 is 10.1 Å². The molecule has 1 aromatic heterocycles. The van der Waals surface area contributed by atoms with Crippen LogP contribution in [-0.2, 0) is 9.59 Å². The smallest absolute Gasteiger partial charge is 0.236 e. The number of carbonyl (C=O) groups is 2. The number of methoxy groups -OCH3 is 1. The number of piperidine rings is 1. The second-order valence-electron chi connectivity index (χ2n) is 6.89. The summed E-state index contributed by atoms with van der Waals surface area (Å²) in [7, 11) is 1.63. The molecule has 1 N–H and O–H groups in total. The van der Waals surface area contributed by atoms with Gasteiger partial charge in [-0.15, -0.1) is 23.1 Å². The second-order valence-corrected chi connectivity index (χ2v) is 8.74. The highest BCUT2D eigenvalue weighted by Gasteiger charge is 2.20. The van der Waals surface area contributed by atoms with Gasteiger partial charge in [-0.05, 0) is 43.0 Å². The molecule has 2 aromatic rings. The fourth-order valence-corrected chi connectivity index (χ4v) is 4.57. The Morgan fingerprint density at radius 2 is 2.11 bits per heavy atom. The van der Waals surface area contributed by atoms with Crippen LogP contribution in [0.25, 0.3) is 11.3 Å². The minimum absolute atomic E-state index is 0.125. The van der Waals surface area contributed by atoms with Gasteiger partial charge in [0.1, 0.15) is 5.75 Å². The normalized spacial score (nSPS) is 16.6. The van der Waals surface area contributed by atoms with Crippen LogP contribution in [0.2, 0.25) is 0 Å². The molecule has 1 aliphatic heterocycles. The summed E-state index contributed by atoms with van der Waals surface area (Å²) < 4.78 is 5.16. The molecule has 0 radical (unpaired) electrons. The number of ether oxygens (including phenoxy) is 1.